The van der Waals surface area contributed by atoms with E-state index in [1.807, 2.05) is 30.3 Å². The number of anilines is 1. The van der Waals surface area contributed by atoms with Crippen LogP contribution in [-0.2, 0) is 11.2 Å². The standard InChI is InChI=1S/C22H24N6O2S/c1-15(31-22-25-26-27-28(22)17-11-12-17)20(29)24-19-10-6-5-9-18(19)21(30)23-14-13-16-7-3-2-4-8-16/h2-10,15,17H,11-14H2,1H3,(H,23,30)(H,24,29). The van der Waals surface area contributed by atoms with E-state index in [1.54, 1.807) is 35.9 Å². The van der Waals surface area contributed by atoms with Crippen molar-refractivity contribution in [2.75, 3.05) is 11.9 Å². The van der Waals surface area contributed by atoms with Crippen LogP contribution in [0.4, 0.5) is 5.69 Å². The second-order valence-electron chi connectivity index (χ2n) is 7.42. The second-order valence-corrected chi connectivity index (χ2v) is 8.73. The quantitative estimate of drug-likeness (QED) is 0.500. The van der Waals surface area contributed by atoms with Crippen molar-refractivity contribution in [3.63, 3.8) is 0 Å². The molecule has 8 nitrogen and oxygen atoms in total. The minimum Gasteiger partial charge on any atom is -0.352 e. The van der Waals surface area contributed by atoms with Crippen molar-refractivity contribution in [2.45, 2.75) is 42.6 Å². The Morgan fingerprint density at radius 3 is 2.65 bits per heavy atom. The normalized spacial score (nSPS) is 14.1. The Labute approximate surface area is 184 Å². The Balaban J connectivity index is 1.35. The molecule has 3 aromatic rings. The lowest BCUT2D eigenvalue weighted by Gasteiger charge is -2.14. The van der Waals surface area contributed by atoms with Gasteiger partial charge in [-0.15, -0.1) is 5.10 Å². The fourth-order valence-corrected chi connectivity index (χ4v) is 3.97. The Bertz CT molecular complexity index is 1050. The van der Waals surface area contributed by atoms with Crippen LogP contribution in [0.2, 0.25) is 0 Å². The molecule has 1 atom stereocenters. The molecule has 0 spiro atoms. The van der Waals surface area contributed by atoms with Gasteiger partial charge in [0.15, 0.2) is 0 Å². The number of carbonyl (C=O) groups is 2. The van der Waals surface area contributed by atoms with Crippen LogP contribution in [0.15, 0.2) is 59.8 Å². The third kappa shape index (κ3) is 5.49. The zero-order valence-electron chi connectivity index (χ0n) is 17.2. The van der Waals surface area contributed by atoms with Crippen LogP contribution in [0.5, 0.6) is 0 Å². The number of thioether (sulfide) groups is 1. The summed E-state index contributed by atoms with van der Waals surface area (Å²) in [6.07, 6.45) is 2.86. The van der Waals surface area contributed by atoms with Gasteiger partial charge >= 0.3 is 0 Å². The third-order valence-electron chi connectivity index (χ3n) is 4.98. The molecule has 2 N–H and O–H groups in total. The molecule has 160 valence electrons. The topological polar surface area (TPSA) is 102 Å². The van der Waals surface area contributed by atoms with Crippen molar-refractivity contribution in [3.05, 3.63) is 65.7 Å². The van der Waals surface area contributed by atoms with E-state index in [9.17, 15) is 9.59 Å². The molecule has 0 saturated heterocycles. The number of hydrogen-bond donors (Lipinski definition) is 2. The third-order valence-corrected chi connectivity index (χ3v) is 6.03. The first-order valence-electron chi connectivity index (χ1n) is 10.3. The van der Waals surface area contributed by atoms with Gasteiger partial charge in [0.1, 0.15) is 0 Å². The number of amides is 2. The predicted molar refractivity (Wildman–Crippen MR) is 119 cm³/mol. The average molecular weight is 437 g/mol. The number of para-hydroxylation sites is 1. The summed E-state index contributed by atoms with van der Waals surface area (Å²) in [7, 11) is 0. The summed E-state index contributed by atoms with van der Waals surface area (Å²) in [6, 6.07) is 17.3. The van der Waals surface area contributed by atoms with E-state index in [4.69, 9.17) is 0 Å². The van der Waals surface area contributed by atoms with Crippen LogP contribution in [0.25, 0.3) is 0 Å². The minimum atomic E-state index is -0.419. The van der Waals surface area contributed by atoms with E-state index in [2.05, 4.69) is 26.2 Å². The molecular formula is C22H24N6O2S. The number of hydrogen-bond acceptors (Lipinski definition) is 6. The lowest BCUT2D eigenvalue weighted by molar-refractivity contribution is -0.115. The molecule has 1 heterocycles. The zero-order chi connectivity index (χ0) is 21.6. The molecule has 0 bridgehead atoms. The number of aromatic nitrogens is 4. The molecule has 9 heteroatoms. The van der Waals surface area contributed by atoms with E-state index in [0.29, 0.717) is 29.0 Å². The van der Waals surface area contributed by atoms with Crippen molar-refractivity contribution in [1.29, 1.82) is 0 Å². The van der Waals surface area contributed by atoms with Crippen LogP contribution in [0.3, 0.4) is 0 Å². The summed E-state index contributed by atoms with van der Waals surface area (Å²) in [5.41, 5.74) is 2.08. The molecule has 2 aromatic carbocycles. The number of nitrogens with zero attached hydrogens (tertiary/aromatic N) is 4. The predicted octanol–water partition coefficient (Wildman–Crippen LogP) is 3.10. The Morgan fingerprint density at radius 2 is 1.87 bits per heavy atom. The second kappa shape index (κ2) is 9.74. The van der Waals surface area contributed by atoms with Gasteiger partial charge in [0, 0.05) is 6.54 Å². The maximum Gasteiger partial charge on any atom is 0.253 e. The van der Waals surface area contributed by atoms with Gasteiger partial charge in [0.05, 0.1) is 22.5 Å². The summed E-state index contributed by atoms with van der Waals surface area (Å²) in [5.74, 6) is -0.426. The summed E-state index contributed by atoms with van der Waals surface area (Å²) in [5, 5.41) is 17.8. The fraction of sp³-hybridized carbons (Fsp3) is 0.318. The number of tetrazole rings is 1. The molecule has 1 aromatic heterocycles. The molecule has 1 saturated carbocycles. The monoisotopic (exact) mass is 436 g/mol. The van der Waals surface area contributed by atoms with Gasteiger partial charge in [-0.2, -0.15) is 0 Å². The zero-order valence-corrected chi connectivity index (χ0v) is 18.0. The van der Waals surface area contributed by atoms with Crippen LogP contribution >= 0.6 is 11.8 Å². The Hall–Kier alpha value is -3.20. The summed E-state index contributed by atoms with van der Waals surface area (Å²) < 4.78 is 1.78. The molecule has 2 amide bonds. The Kier molecular flexibility index (Phi) is 6.61. The molecule has 1 aliphatic rings. The fourth-order valence-electron chi connectivity index (χ4n) is 3.11. The molecule has 0 radical (unpaired) electrons. The number of rotatable bonds is 9. The summed E-state index contributed by atoms with van der Waals surface area (Å²) >= 11 is 1.31. The van der Waals surface area contributed by atoms with Gasteiger partial charge < -0.3 is 10.6 Å². The maximum atomic E-state index is 12.8. The van der Waals surface area contributed by atoms with Crippen LogP contribution in [0.1, 0.15) is 41.7 Å². The van der Waals surface area contributed by atoms with Gasteiger partial charge in [-0.3, -0.25) is 9.59 Å². The van der Waals surface area contributed by atoms with E-state index in [-0.39, 0.29) is 11.8 Å². The summed E-state index contributed by atoms with van der Waals surface area (Å²) in [6.45, 7) is 2.32. The molecular weight excluding hydrogens is 412 g/mol. The molecule has 1 unspecified atom stereocenters. The average Bonchev–Trinajstić information content (AvgIpc) is 3.53. The lowest BCUT2D eigenvalue weighted by Crippen LogP contribution is -2.28. The van der Waals surface area contributed by atoms with Crippen molar-refractivity contribution in [2.24, 2.45) is 0 Å². The SMILES string of the molecule is CC(Sc1nnnn1C1CC1)C(=O)Nc1ccccc1C(=O)NCCc1ccccc1. The van der Waals surface area contributed by atoms with Crippen molar-refractivity contribution in [1.82, 2.24) is 25.5 Å². The van der Waals surface area contributed by atoms with Crippen molar-refractivity contribution < 1.29 is 9.59 Å². The van der Waals surface area contributed by atoms with Gasteiger partial charge in [0.2, 0.25) is 11.1 Å². The van der Waals surface area contributed by atoms with Crippen molar-refractivity contribution >= 4 is 29.3 Å². The van der Waals surface area contributed by atoms with Gasteiger partial charge in [-0.05, 0) is 54.3 Å². The minimum absolute atomic E-state index is 0.208. The number of carbonyl (C=O) groups excluding carboxylic acids is 2. The first-order valence-corrected chi connectivity index (χ1v) is 11.2. The number of nitrogens with one attached hydrogen (secondary N) is 2. The summed E-state index contributed by atoms with van der Waals surface area (Å²) in [4.78, 5) is 25.5. The smallest absolute Gasteiger partial charge is 0.253 e. The first-order chi connectivity index (χ1) is 15.1. The highest BCUT2D eigenvalue weighted by molar-refractivity contribution is 8.00. The molecule has 1 fully saturated rings. The molecule has 0 aliphatic heterocycles. The largest absolute Gasteiger partial charge is 0.352 e. The Morgan fingerprint density at radius 1 is 1.13 bits per heavy atom. The van der Waals surface area contributed by atoms with Crippen LogP contribution < -0.4 is 10.6 Å². The molecule has 31 heavy (non-hydrogen) atoms. The highest BCUT2D eigenvalue weighted by Crippen LogP contribution is 2.37. The van der Waals surface area contributed by atoms with E-state index in [1.165, 1.54) is 11.8 Å². The first kappa shape index (κ1) is 21.0. The van der Waals surface area contributed by atoms with Gasteiger partial charge in [0.25, 0.3) is 5.91 Å². The maximum absolute atomic E-state index is 12.8. The molecule has 1 aliphatic carbocycles. The van der Waals surface area contributed by atoms with E-state index >= 15 is 0 Å². The van der Waals surface area contributed by atoms with Crippen LogP contribution in [-0.4, -0.2) is 43.8 Å². The highest BCUT2D eigenvalue weighted by atomic mass is 32.2. The lowest BCUT2D eigenvalue weighted by atomic mass is 10.1. The van der Waals surface area contributed by atoms with Gasteiger partial charge in [-0.25, -0.2) is 4.68 Å². The molecule has 4 rings (SSSR count). The van der Waals surface area contributed by atoms with Crippen LogP contribution in [0, 0.1) is 0 Å². The van der Waals surface area contributed by atoms with Crippen molar-refractivity contribution in [3.8, 4) is 0 Å². The highest BCUT2D eigenvalue weighted by Gasteiger charge is 2.29. The van der Waals surface area contributed by atoms with Gasteiger partial charge in [-0.1, -0.05) is 54.2 Å². The van der Waals surface area contributed by atoms with E-state index < -0.39 is 5.25 Å². The van der Waals surface area contributed by atoms with E-state index in [0.717, 1.165) is 24.8 Å². The number of benzene rings is 2.